The van der Waals surface area contributed by atoms with Crippen molar-refractivity contribution in [2.75, 3.05) is 0 Å². The van der Waals surface area contributed by atoms with E-state index in [1.807, 2.05) is 12.3 Å². The minimum atomic E-state index is 0.697. The molecule has 136 valence electrons. The number of unbranched alkanes of at least 4 members (excludes halogenated alkanes) is 9. The van der Waals surface area contributed by atoms with Gasteiger partial charge in [-0.25, -0.2) is 0 Å². The van der Waals surface area contributed by atoms with E-state index in [-0.39, 0.29) is 0 Å². The van der Waals surface area contributed by atoms with E-state index in [4.69, 9.17) is 0 Å². The third-order valence-corrected chi connectivity index (χ3v) is 5.00. The molecule has 1 aromatic rings. The van der Waals surface area contributed by atoms with Gasteiger partial charge in [-0.2, -0.15) is 0 Å². The van der Waals surface area contributed by atoms with Gasteiger partial charge < -0.3 is 0 Å². The molecule has 1 unspecified atom stereocenters. The molecule has 1 atom stereocenters. The maximum Gasteiger partial charge on any atom is 0.0403 e. The van der Waals surface area contributed by atoms with E-state index in [1.54, 1.807) is 0 Å². The first-order chi connectivity index (χ1) is 11.9. The van der Waals surface area contributed by atoms with E-state index in [2.05, 4.69) is 36.7 Å². The fraction of sp³-hybridized carbons (Fsp3) is 0.696. The van der Waals surface area contributed by atoms with Crippen LogP contribution in [0.4, 0.5) is 0 Å². The molecule has 1 rings (SSSR count). The average Bonchev–Trinajstić information content (AvgIpc) is 2.62. The Morgan fingerprint density at radius 2 is 1.50 bits per heavy atom. The van der Waals surface area contributed by atoms with Crippen LogP contribution in [-0.4, -0.2) is 4.98 Å². The molecule has 0 bridgehead atoms. The first-order valence-corrected chi connectivity index (χ1v) is 10.4. The molecule has 0 spiro atoms. The van der Waals surface area contributed by atoms with Gasteiger partial charge in [-0.3, -0.25) is 4.98 Å². The molecule has 0 aromatic carbocycles. The predicted molar refractivity (Wildman–Crippen MR) is 107 cm³/mol. The minimum Gasteiger partial charge on any atom is -0.261 e. The van der Waals surface area contributed by atoms with E-state index in [9.17, 15) is 0 Å². The molecule has 1 aromatic heterocycles. The SMILES string of the molecule is C=CC(CCCCCCCCCCCC)CCCc1ccccn1. The lowest BCUT2D eigenvalue weighted by molar-refractivity contribution is 0.477. The molecule has 0 aliphatic heterocycles. The monoisotopic (exact) mass is 329 g/mol. The lowest BCUT2D eigenvalue weighted by atomic mass is 9.94. The van der Waals surface area contributed by atoms with Gasteiger partial charge >= 0.3 is 0 Å². The topological polar surface area (TPSA) is 12.9 Å². The van der Waals surface area contributed by atoms with Crippen LogP contribution >= 0.6 is 0 Å². The van der Waals surface area contributed by atoms with Crippen LogP contribution < -0.4 is 0 Å². The number of pyridine rings is 1. The highest BCUT2D eigenvalue weighted by atomic mass is 14.7. The fourth-order valence-electron chi connectivity index (χ4n) is 3.37. The predicted octanol–water partition coefficient (Wildman–Crippen LogP) is 7.52. The Balaban J connectivity index is 1.93. The van der Waals surface area contributed by atoms with Gasteiger partial charge in [-0.15, -0.1) is 6.58 Å². The number of aromatic nitrogens is 1. The van der Waals surface area contributed by atoms with Crippen molar-refractivity contribution in [1.82, 2.24) is 4.98 Å². The Kier molecular flexibility index (Phi) is 13.4. The zero-order valence-electron chi connectivity index (χ0n) is 16.0. The minimum absolute atomic E-state index is 0.697. The summed E-state index contributed by atoms with van der Waals surface area (Å²) >= 11 is 0. The standard InChI is InChI=1S/C23H39N/c1-3-5-6-7-8-9-10-11-12-13-17-22(4-2)18-16-20-23-19-14-15-21-24-23/h4,14-15,19,21-22H,2-3,5-13,16-18,20H2,1H3. The number of allylic oxidation sites excluding steroid dienone is 1. The molecule has 0 saturated carbocycles. The van der Waals surface area contributed by atoms with Crippen LogP contribution in [0.1, 0.15) is 96.1 Å². The van der Waals surface area contributed by atoms with Crippen molar-refractivity contribution in [2.24, 2.45) is 5.92 Å². The summed E-state index contributed by atoms with van der Waals surface area (Å²) in [5.41, 5.74) is 1.22. The largest absolute Gasteiger partial charge is 0.261 e. The van der Waals surface area contributed by atoms with E-state index >= 15 is 0 Å². The summed E-state index contributed by atoms with van der Waals surface area (Å²) in [7, 11) is 0. The van der Waals surface area contributed by atoms with Crippen LogP contribution in [0.3, 0.4) is 0 Å². The Hall–Kier alpha value is -1.11. The fourth-order valence-corrected chi connectivity index (χ4v) is 3.37. The van der Waals surface area contributed by atoms with Gasteiger partial charge in [0.2, 0.25) is 0 Å². The molecule has 0 radical (unpaired) electrons. The second kappa shape index (κ2) is 15.4. The molecule has 24 heavy (non-hydrogen) atoms. The Morgan fingerprint density at radius 3 is 2.08 bits per heavy atom. The summed E-state index contributed by atoms with van der Waals surface area (Å²) in [5.74, 6) is 0.697. The maximum absolute atomic E-state index is 4.40. The molecule has 1 heteroatoms. The Morgan fingerprint density at radius 1 is 0.875 bits per heavy atom. The Labute approximate surface area is 151 Å². The highest BCUT2D eigenvalue weighted by Gasteiger charge is 2.04. The first-order valence-electron chi connectivity index (χ1n) is 10.4. The number of rotatable bonds is 16. The summed E-state index contributed by atoms with van der Waals surface area (Å²) in [6.07, 6.45) is 23.2. The van der Waals surface area contributed by atoms with Crippen LogP contribution in [0.25, 0.3) is 0 Å². The molecule has 0 amide bonds. The number of nitrogens with zero attached hydrogens (tertiary/aromatic N) is 1. The second-order valence-electron chi connectivity index (χ2n) is 7.18. The van der Waals surface area contributed by atoms with Crippen molar-refractivity contribution in [3.05, 3.63) is 42.7 Å². The molecule has 0 aliphatic rings. The van der Waals surface area contributed by atoms with Gasteiger partial charge in [0.15, 0.2) is 0 Å². The quantitative estimate of drug-likeness (QED) is 0.226. The molecule has 1 nitrogen and oxygen atoms in total. The van der Waals surface area contributed by atoms with Crippen LogP contribution in [0, 0.1) is 5.92 Å². The van der Waals surface area contributed by atoms with Gasteiger partial charge in [0.05, 0.1) is 0 Å². The molecule has 0 saturated heterocycles. The lowest BCUT2D eigenvalue weighted by Crippen LogP contribution is -1.99. The van der Waals surface area contributed by atoms with Gasteiger partial charge in [-0.05, 0) is 43.7 Å². The first kappa shape index (κ1) is 20.9. The van der Waals surface area contributed by atoms with Crippen LogP contribution in [0.5, 0.6) is 0 Å². The summed E-state index contributed by atoms with van der Waals surface area (Å²) in [4.78, 5) is 4.40. The number of hydrogen-bond donors (Lipinski definition) is 0. The van der Waals surface area contributed by atoms with Crippen molar-refractivity contribution < 1.29 is 0 Å². The van der Waals surface area contributed by atoms with Crippen molar-refractivity contribution >= 4 is 0 Å². The van der Waals surface area contributed by atoms with Crippen LogP contribution in [0.2, 0.25) is 0 Å². The highest BCUT2D eigenvalue weighted by molar-refractivity contribution is 5.03. The van der Waals surface area contributed by atoms with E-state index in [1.165, 1.54) is 89.2 Å². The third-order valence-electron chi connectivity index (χ3n) is 5.00. The van der Waals surface area contributed by atoms with Crippen molar-refractivity contribution in [2.45, 2.75) is 96.8 Å². The Bertz CT molecular complexity index is 384. The molecule has 0 N–H and O–H groups in total. The van der Waals surface area contributed by atoms with Crippen LogP contribution in [0.15, 0.2) is 37.1 Å². The lowest BCUT2D eigenvalue weighted by Gasteiger charge is -2.12. The smallest absolute Gasteiger partial charge is 0.0403 e. The van der Waals surface area contributed by atoms with Crippen molar-refractivity contribution in [1.29, 1.82) is 0 Å². The van der Waals surface area contributed by atoms with E-state index in [0.717, 1.165) is 6.42 Å². The summed E-state index contributed by atoms with van der Waals surface area (Å²) in [5, 5.41) is 0. The van der Waals surface area contributed by atoms with Gasteiger partial charge in [0.1, 0.15) is 0 Å². The average molecular weight is 330 g/mol. The normalized spacial score (nSPS) is 12.2. The van der Waals surface area contributed by atoms with Crippen molar-refractivity contribution in [3.63, 3.8) is 0 Å². The van der Waals surface area contributed by atoms with Gasteiger partial charge in [-0.1, -0.05) is 83.3 Å². The number of aryl methyl sites for hydroxylation is 1. The molecule has 0 aliphatic carbocycles. The van der Waals surface area contributed by atoms with Crippen molar-refractivity contribution in [3.8, 4) is 0 Å². The maximum atomic E-state index is 4.40. The summed E-state index contributed by atoms with van der Waals surface area (Å²) in [6.45, 7) is 6.32. The molecule has 0 fully saturated rings. The second-order valence-corrected chi connectivity index (χ2v) is 7.18. The third kappa shape index (κ3) is 11.4. The van der Waals surface area contributed by atoms with Gasteiger partial charge in [0, 0.05) is 11.9 Å². The summed E-state index contributed by atoms with van der Waals surface area (Å²) in [6, 6.07) is 6.20. The highest BCUT2D eigenvalue weighted by Crippen LogP contribution is 2.19. The number of hydrogen-bond acceptors (Lipinski definition) is 1. The molecular weight excluding hydrogens is 290 g/mol. The zero-order valence-corrected chi connectivity index (χ0v) is 16.0. The molecular formula is C23H39N. The molecule has 1 heterocycles. The van der Waals surface area contributed by atoms with Crippen LogP contribution in [-0.2, 0) is 6.42 Å². The summed E-state index contributed by atoms with van der Waals surface area (Å²) < 4.78 is 0. The van der Waals surface area contributed by atoms with Gasteiger partial charge in [0.25, 0.3) is 0 Å². The van der Waals surface area contributed by atoms with E-state index in [0.29, 0.717) is 5.92 Å². The zero-order chi connectivity index (χ0) is 17.3. The van der Waals surface area contributed by atoms with E-state index < -0.39 is 0 Å².